The molecular formula is C20H15Cl2NO3. The van der Waals surface area contributed by atoms with Gasteiger partial charge in [-0.05, 0) is 41.6 Å². The zero-order chi connectivity index (χ0) is 18.7. The summed E-state index contributed by atoms with van der Waals surface area (Å²) in [5.41, 5.74) is 1.46. The molecule has 0 aromatic heterocycles. The van der Waals surface area contributed by atoms with E-state index in [2.05, 4.69) is 5.32 Å². The first-order chi connectivity index (χ1) is 12.4. The van der Waals surface area contributed by atoms with Crippen molar-refractivity contribution in [3.05, 3.63) is 75.8 Å². The van der Waals surface area contributed by atoms with Crippen molar-refractivity contribution in [1.82, 2.24) is 0 Å². The van der Waals surface area contributed by atoms with Crippen molar-refractivity contribution in [3.63, 3.8) is 0 Å². The van der Waals surface area contributed by atoms with Crippen LogP contribution in [-0.4, -0.2) is 17.0 Å². The molecule has 0 aliphatic heterocycles. The summed E-state index contributed by atoms with van der Waals surface area (Å²) < 4.78 is 0. The van der Waals surface area contributed by atoms with Crippen LogP contribution in [0, 0.1) is 0 Å². The maximum Gasteiger partial charge on any atom is 0.335 e. The molecule has 0 spiro atoms. The highest BCUT2D eigenvalue weighted by molar-refractivity contribution is 6.40. The summed E-state index contributed by atoms with van der Waals surface area (Å²) in [6.07, 6.45) is 0.858. The zero-order valence-corrected chi connectivity index (χ0v) is 15.1. The summed E-state index contributed by atoms with van der Waals surface area (Å²) in [6.45, 7) is 0. The number of carbonyl (C=O) groups excluding carboxylic acids is 1. The van der Waals surface area contributed by atoms with Gasteiger partial charge in [0.15, 0.2) is 0 Å². The van der Waals surface area contributed by atoms with E-state index in [1.54, 1.807) is 12.1 Å². The second-order valence-corrected chi connectivity index (χ2v) is 6.69. The molecule has 0 atom stereocenters. The SMILES string of the molecule is O=C(CCc1ccccc1)Nc1cc(C(=O)O)cc2cc(Cl)cc(Cl)c12. The fraction of sp³-hybridized carbons (Fsp3) is 0.100. The van der Waals surface area contributed by atoms with Crippen molar-refractivity contribution in [1.29, 1.82) is 0 Å². The van der Waals surface area contributed by atoms with Gasteiger partial charge in [-0.3, -0.25) is 4.79 Å². The van der Waals surface area contributed by atoms with Crippen molar-refractivity contribution in [2.24, 2.45) is 0 Å². The number of nitrogens with one attached hydrogen (secondary N) is 1. The number of benzene rings is 3. The van der Waals surface area contributed by atoms with Gasteiger partial charge in [0.05, 0.1) is 16.3 Å². The van der Waals surface area contributed by atoms with Crippen molar-refractivity contribution >= 4 is 51.5 Å². The van der Waals surface area contributed by atoms with Crippen LogP contribution in [0.3, 0.4) is 0 Å². The number of halogens is 2. The normalized spacial score (nSPS) is 10.7. The van der Waals surface area contributed by atoms with E-state index >= 15 is 0 Å². The summed E-state index contributed by atoms with van der Waals surface area (Å²) in [5, 5.41) is 14.0. The third kappa shape index (κ3) is 4.15. The summed E-state index contributed by atoms with van der Waals surface area (Å²) in [5.74, 6) is -1.31. The summed E-state index contributed by atoms with van der Waals surface area (Å²) in [6, 6.07) is 15.7. The van der Waals surface area contributed by atoms with E-state index in [0.717, 1.165) is 5.56 Å². The van der Waals surface area contributed by atoms with Crippen LogP contribution in [0.15, 0.2) is 54.6 Å². The van der Waals surface area contributed by atoms with Crippen molar-refractivity contribution in [3.8, 4) is 0 Å². The fourth-order valence-electron chi connectivity index (χ4n) is 2.77. The Hall–Kier alpha value is -2.56. The number of carboxylic acid groups (broad SMARTS) is 1. The molecule has 0 saturated heterocycles. The standard InChI is InChI=1S/C20H15Cl2NO3/c21-15-9-13-8-14(20(25)26)10-17(19(13)16(22)11-15)23-18(24)7-6-12-4-2-1-3-5-12/h1-5,8-11H,6-7H2,(H,23,24)(H,25,26). The average Bonchev–Trinajstić information content (AvgIpc) is 2.60. The summed E-state index contributed by atoms with van der Waals surface area (Å²) in [7, 11) is 0. The molecule has 0 fully saturated rings. The molecule has 132 valence electrons. The van der Waals surface area contributed by atoms with Gasteiger partial charge in [-0.2, -0.15) is 0 Å². The Balaban J connectivity index is 1.90. The molecule has 2 N–H and O–H groups in total. The minimum absolute atomic E-state index is 0.0502. The van der Waals surface area contributed by atoms with Crippen LogP contribution in [0.2, 0.25) is 10.0 Å². The van der Waals surface area contributed by atoms with Gasteiger partial charge >= 0.3 is 5.97 Å². The van der Waals surface area contributed by atoms with Crippen molar-refractivity contribution in [2.45, 2.75) is 12.8 Å². The minimum atomic E-state index is -1.09. The topological polar surface area (TPSA) is 66.4 Å². The lowest BCUT2D eigenvalue weighted by atomic mass is 10.0. The lowest BCUT2D eigenvalue weighted by Crippen LogP contribution is -2.13. The number of aromatic carboxylic acids is 1. The van der Waals surface area contributed by atoms with E-state index in [9.17, 15) is 14.7 Å². The number of aryl methyl sites for hydroxylation is 1. The van der Waals surface area contributed by atoms with E-state index in [4.69, 9.17) is 23.2 Å². The second-order valence-electron chi connectivity index (χ2n) is 5.85. The van der Waals surface area contributed by atoms with Crippen LogP contribution >= 0.6 is 23.2 Å². The molecule has 0 saturated carbocycles. The molecule has 0 heterocycles. The number of hydrogen-bond acceptors (Lipinski definition) is 2. The Morgan fingerprint density at radius 1 is 1.00 bits per heavy atom. The maximum absolute atomic E-state index is 12.4. The molecule has 1 amide bonds. The number of carbonyl (C=O) groups is 2. The molecule has 0 aliphatic carbocycles. The molecule has 6 heteroatoms. The van der Waals surface area contributed by atoms with Gasteiger partial charge in [0, 0.05) is 16.8 Å². The van der Waals surface area contributed by atoms with E-state index in [1.807, 2.05) is 30.3 Å². The first-order valence-corrected chi connectivity index (χ1v) is 8.69. The third-order valence-corrected chi connectivity index (χ3v) is 4.49. The quantitative estimate of drug-likeness (QED) is 0.614. The monoisotopic (exact) mass is 387 g/mol. The number of rotatable bonds is 5. The van der Waals surface area contributed by atoms with E-state index in [1.165, 1.54) is 12.1 Å². The van der Waals surface area contributed by atoms with Crippen LogP contribution in [0.1, 0.15) is 22.3 Å². The van der Waals surface area contributed by atoms with Gasteiger partial charge in [-0.1, -0.05) is 53.5 Å². The van der Waals surface area contributed by atoms with Gasteiger partial charge in [0.2, 0.25) is 5.91 Å². The van der Waals surface area contributed by atoms with Crippen LogP contribution < -0.4 is 5.32 Å². The first kappa shape index (κ1) is 18.2. The number of amides is 1. The molecule has 0 bridgehead atoms. The molecular weight excluding hydrogens is 373 g/mol. The van der Waals surface area contributed by atoms with E-state index in [0.29, 0.717) is 32.9 Å². The Morgan fingerprint density at radius 3 is 2.42 bits per heavy atom. The van der Waals surface area contributed by atoms with Crippen LogP contribution in [0.4, 0.5) is 5.69 Å². The molecule has 3 rings (SSSR count). The average molecular weight is 388 g/mol. The fourth-order valence-corrected chi connectivity index (χ4v) is 3.38. The first-order valence-electron chi connectivity index (χ1n) is 7.94. The van der Waals surface area contributed by atoms with E-state index in [-0.39, 0.29) is 17.9 Å². The molecule has 26 heavy (non-hydrogen) atoms. The lowest BCUT2D eigenvalue weighted by Gasteiger charge is -2.12. The molecule has 3 aromatic carbocycles. The van der Waals surface area contributed by atoms with Crippen molar-refractivity contribution in [2.75, 3.05) is 5.32 Å². The number of anilines is 1. The predicted octanol–water partition coefficient (Wildman–Crippen LogP) is 5.42. The predicted molar refractivity (Wildman–Crippen MR) is 104 cm³/mol. The second kappa shape index (κ2) is 7.77. The lowest BCUT2D eigenvalue weighted by molar-refractivity contribution is -0.116. The van der Waals surface area contributed by atoms with Crippen LogP contribution in [0.25, 0.3) is 10.8 Å². The van der Waals surface area contributed by atoms with Gasteiger partial charge < -0.3 is 10.4 Å². The van der Waals surface area contributed by atoms with Crippen LogP contribution in [0.5, 0.6) is 0 Å². The highest BCUT2D eigenvalue weighted by atomic mass is 35.5. The summed E-state index contributed by atoms with van der Waals surface area (Å²) >= 11 is 12.3. The van der Waals surface area contributed by atoms with E-state index < -0.39 is 5.97 Å². The molecule has 0 radical (unpaired) electrons. The van der Waals surface area contributed by atoms with Gasteiger partial charge in [0.25, 0.3) is 0 Å². The number of hydrogen-bond donors (Lipinski definition) is 2. The molecule has 0 aliphatic rings. The van der Waals surface area contributed by atoms with Crippen molar-refractivity contribution < 1.29 is 14.7 Å². The highest BCUT2D eigenvalue weighted by Gasteiger charge is 2.14. The summed E-state index contributed by atoms with van der Waals surface area (Å²) in [4.78, 5) is 23.7. The van der Waals surface area contributed by atoms with Gasteiger partial charge in [-0.15, -0.1) is 0 Å². The minimum Gasteiger partial charge on any atom is -0.478 e. The molecule has 0 unspecified atom stereocenters. The van der Waals surface area contributed by atoms with Crippen LogP contribution in [-0.2, 0) is 11.2 Å². The highest BCUT2D eigenvalue weighted by Crippen LogP contribution is 2.34. The largest absolute Gasteiger partial charge is 0.478 e. The Morgan fingerprint density at radius 2 is 1.73 bits per heavy atom. The molecule has 4 nitrogen and oxygen atoms in total. The zero-order valence-electron chi connectivity index (χ0n) is 13.6. The van der Waals surface area contributed by atoms with Gasteiger partial charge in [0.1, 0.15) is 0 Å². The Bertz CT molecular complexity index is 987. The van der Waals surface area contributed by atoms with Gasteiger partial charge in [-0.25, -0.2) is 4.79 Å². The third-order valence-electron chi connectivity index (χ3n) is 3.97. The molecule has 3 aromatic rings. The Kier molecular flexibility index (Phi) is 5.45. The Labute approximate surface area is 160 Å². The number of carboxylic acids is 1. The maximum atomic E-state index is 12.4. The number of fused-ring (bicyclic) bond motifs is 1. The smallest absolute Gasteiger partial charge is 0.335 e.